The first kappa shape index (κ1) is 17.0. The summed E-state index contributed by atoms with van der Waals surface area (Å²) in [6.45, 7) is 11.0. The zero-order valence-electron chi connectivity index (χ0n) is 15.0. The highest BCUT2D eigenvalue weighted by Gasteiger charge is 2.31. The molecule has 0 amide bonds. The van der Waals surface area contributed by atoms with Crippen molar-refractivity contribution in [3.8, 4) is 0 Å². The Hall–Kier alpha value is -0.810. The average Bonchev–Trinajstić information content (AvgIpc) is 3.19. The predicted molar refractivity (Wildman–Crippen MR) is 94.9 cm³/mol. The molecule has 5 nitrogen and oxygen atoms in total. The molecule has 0 radical (unpaired) electrons. The Kier molecular flexibility index (Phi) is 5.81. The third-order valence-corrected chi connectivity index (χ3v) is 5.90. The standard InChI is InChI=1S/C18H34N4O/c1-18(6-3-4-7-18)15-20-17(19-2)22-8-5-16(14-22)13-21-9-11-23-12-10-21/h16H,3-15H2,1-2H3,(H,19,20). The van der Waals surface area contributed by atoms with Crippen LogP contribution in [0.1, 0.15) is 39.0 Å². The highest BCUT2D eigenvalue weighted by Crippen LogP contribution is 2.36. The van der Waals surface area contributed by atoms with E-state index >= 15 is 0 Å². The summed E-state index contributed by atoms with van der Waals surface area (Å²) in [7, 11) is 1.93. The third-order valence-electron chi connectivity index (χ3n) is 5.90. The molecule has 1 aliphatic carbocycles. The maximum absolute atomic E-state index is 5.45. The Morgan fingerprint density at radius 3 is 2.65 bits per heavy atom. The summed E-state index contributed by atoms with van der Waals surface area (Å²) >= 11 is 0. The highest BCUT2D eigenvalue weighted by atomic mass is 16.5. The van der Waals surface area contributed by atoms with Gasteiger partial charge in [0.2, 0.25) is 0 Å². The molecular formula is C18H34N4O. The van der Waals surface area contributed by atoms with E-state index in [9.17, 15) is 0 Å². The van der Waals surface area contributed by atoms with Gasteiger partial charge in [-0.1, -0.05) is 19.8 Å². The number of guanidine groups is 1. The van der Waals surface area contributed by atoms with Gasteiger partial charge in [0, 0.05) is 46.3 Å². The van der Waals surface area contributed by atoms with Crippen LogP contribution in [0.15, 0.2) is 4.99 Å². The second kappa shape index (κ2) is 7.84. The van der Waals surface area contributed by atoms with Crippen LogP contribution in [0.5, 0.6) is 0 Å². The fraction of sp³-hybridized carbons (Fsp3) is 0.944. The van der Waals surface area contributed by atoms with E-state index in [1.165, 1.54) is 38.6 Å². The van der Waals surface area contributed by atoms with Crippen LogP contribution in [-0.2, 0) is 4.74 Å². The van der Waals surface area contributed by atoms with Crippen LogP contribution in [0.3, 0.4) is 0 Å². The van der Waals surface area contributed by atoms with Gasteiger partial charge in [-0.2, -0.15) is 0 Å². The molecule has 2 saturated heterocycles. The summed E-state index contributed by atoms with van der Waals surface area (Å²) in [5.41, 5.74) is 0.475. The molecule has 1 atom stereocenters. The average molecular weight is 322 g/mol. The number of morpholine rings is 1. The first-order valence-corrected chi connectivity index (χ1v) is 9.44. The van der Waals surface area contributed by atoms with E-state index in [2.05, 4.69) is 27.0 Å². The molecular weight excluding hydrogens is 288 g/mol. The van der Waals surface area contributed by atoms with Crippen LogP contribution in [-0.4, -0.2) is 75.3 Å². The van der Waals surface area contributed by atoms with E-state index in [0.29, 0.717) is 5.41 Å². The predicted octanol–water partition coefficient (Wildman–Crippen LogP) is 1.80. The summed E-state index contributed by atoms with van der Waals surface area (Å²) < 4.78 is 5.45. The van der Waals surface area contributed by atoms with Crippen LogP contribution >= 0.6 is 0 Å². The SMILES string of the molecule is CN=C(NCC1(C)CCCC1)N1CCC(CN2CCOCC2)C1. The maximum atomic E-state index is 5.45. The zero-order chi connectivity index (χ0) is 16.1. The maximum Gasteiger partial charge on any atom is 0.193 e. The van der Waals surface area contributed by atoms with E-state index in [-0.39, 0.29) is 0 Å². The summed E-state index contributed by atoms with van der Waals surface area (Å²) in [4.78, 5) is 9.57. The molecule has 3 fully saturated rings. The largest absolute Gasteiger partial charge is 0.379 e. The van der Waals surface area contributed by atoms with E-state index in [1.807, 2.05) is 7.05 Å². The van der Waals surface area contributed by atoms with Crippen molar-refractivity contribution in [2.75, 3.05) is 59.5 Å². The normalized spacial score (nSPS) is 29.2. The van der Waals surface area contributed by atoms with Crippen molar-refractivity contribution in [1.29, 1.82) is 0 Å². The minimum Gasteiger partial charge on any atom is -0.379 e. The van der Waals surface area contributed by atoms with Crippen LogP contribution < -0.4 is 5.32 Å². The lowest BCUT2D eigenvalue weighted by molar-refractivity contribution is 0.0315. The van der Waals surface area contributed by atoms with Gasteiger partial charge in [0.25, 0.3) is 0 Å². The van der Waals surface area contributed by atoms with Gasteiger partial charge < -0.3 is 15.0 Å². The van der Waals surface area contributed by atoms with Gasteiger partial charge in [-0.25, -0.2) is 0 Å². The molecule has 132 valence electrons. The van der Waals surface area contributed by atoms with Gasteiger partial charge >= 0.3 is 0 Å². The number of likely N-dealkylation sites (tertiary alicyclic amines) is 1. The fourth-order valence-electron chi connectivity index (χ4n) is 4.35. The molecule has 0 spiro atoms. The fourth-order valence-corrected chi connectivity index (χ4v) is 4.35. The van der Waals surface area contributed by atoms with E-state index in [0.717, 1.165) is 57.8 Å². The van der Waals surface area contributed by atoms with Gasteiger partial charge in [-0.05, 0) is 30.6 Å². The van der Waals surface area contributed by atoms with Crippen molar-refractivity contribution in [1.82, 2.24) is 15.1 Å². The molecule has 0 aromatic carbocycles. The van der Waals surface area contributed by atoms with Crippen molar-refractivity contribution in [3.05, 3.63) is 0 Å². The third kappa shape index (κ3) is 4.60. The van der Waals surface area contributed by atoms with Crippen LogP contribution in [0.4, 0.5) is 0 Å². The molecule has 2 aliphatic heterocycles. The van der Waals surface area contributed by atoms with E-state index in [1.54, 1.807) is 0 Å². The molecule has 5 heteroatoms. The van der Waals surface area contributed by atoms with Crippen molar-refractivity contribution < 1.29 is 4.74 Å². The quantitative estimate of drug-likeness (QED) is 0.633. The van der Waals surface area contributed by atoms with Crippen molar-refractivity contribution >= 4 is 5.96 Å². The molecule has 1 saturated carbocycles. The lowest BCUT2D eigenvalue weighted by Gasteiger charge is -2.30. The number of rotatable bonds is 4. The van der Waals surface area contributed by atoms with E-state index < -0.39 is 0 Å². The second-order valence-electron chi connectivity index (χ2n) is 7.93. The van der Waals surface area contributed by atoms with Gasteiger partial charge in [0.05, 0.1) is 13.2 Å². The molecule has 3 aliphatic rings. The minimum absolute atomic E-state index is 0.475. The molecule has 1 N–H and O–H groups in total. The molecule has 0 aromatic rings. The summed E-state index contributed by atoms with van der Waals surface area (Å²) in [5, 5.41) is 3.66. The highest BCUT2D eigenvalue weighted by molar-refractivity contribution is 5.80. The van der Waals surface area contributed by atoms with E-state index in [4.69, 9.17) is 4.74 Å². The number of nitrogens with zero attached hydrogens (tertiary/aromatic N) is 3. The lowest BCUT2D eigenvalue weighted by Crippen LogP contribution is -2.44. The number of nitrogens with one attached hydrogen (secondary N) is 1. The van der Waals surface area contributed by atoms with Crippen LogP contribution in [0.25, 0.3) is 0 Å². The molecule has 3 rings (SSSR count). The van der Waals surface area contributed by atoms with Gasteiger partial charge in [-0.3, -0.25) is 9.89 Å². The Bertz CT molecular complexity index is 400. The first-order chi connectivity index (χ1) is 11.2. The smallest absolute Gasteiger partial charge is 0.193 e. The topological polar surface area (TPSA) is 40.1 Å². The van der Waals surface area contributed by atoms with Crippen molar-refractivity contribution in [2.24, 2.45) is 16.3 Å². The number of hydrogen-bond donors (Lipinski definition) is 1. The molecule has 23 heavy (non-hydrogen) atoms. The Labute approximate surface area is 141 Å². The summed E-state index contributed by atoms with van der Waals surface area (Å²) in [5.74, 6) is 1.89. The Morgan fingerprint density at radius 2 is 1.96 bits per heavy atom. The lowest BCUT2D eigenvalue weighted by atomic mass is 9.89. The molecule has 0 bridgehead atoms. The molecule has 0 aromatic heterocycles. The van der Waals surface area contributed by atoms with Crippen molar-refractivity contribution in [3.63, 3.8) is 0 Å². The van der Waals surface area contributed by atoms with Crippen molar-refractivity contribution in [2.45, 2.75) is 39.0 Å². The number of aliphatic imine (C=N–C) groups is 1. The molecule has 1 unspecified atom stereocenters. The molecule has 2 heterocycles. The zero-order valence-corrected chi connectivity index (χ0v) is 15.0. The number of hydrogen-bond acceptors (Lipinski definition) is 3. The van der Waals surface area contributed by atoms with Crippen LogP contribution in [0, 0.1) is 11.3 Å². The Morgan fingerprint density at radius 1 is 1.22 bits per heavy atom. The summed E-state index contributed by atoms with van der Waals surface area (Å²) in [6, 6.07) is 0. The monoisotopic (exact) mass is 322 g/mol. The minimum atomic E-state index is 0.475. The summed E-state index contributed by atoms with van der Waals surface area (Å²) in [6.07, 6.45) is 6.78. The Balaban J connectivity index is 1.44. The van der Waals surface area contributed by atoms with Gasteiger partial charge in [0.1, 0.15) is 0 Å². The first-order valence-electron chi connectivity index (χ1n) is 9.44. The van der Waals surface area contributed by atoms with Crippen LogP contribution in [0.2, 0.25) is 0 Å². The van der Waals surface area contributed by atoms with Gasteiger partial charge in [0.15, 0.2) is 5.96 Å². The second-order valence-corrected chi connectivity index (χ2v) is 7.93. The number of ether oxygens (including phenoxy) is 1. The van der Waals surface area contributed by atoms with Gasteiger partial charge in [-0.15, -0.1) is 0 Å².